The fourth-order valence-corrected chi connectivity index (χ4v) is 2.65. The van der Waals surface area contributed by atoms with Crippen LogP contribution in [0.5, 0.6) is 0 Å². The van der Waals surface area contributed by atoms with E-state index in [1.807, 2.05) is 37.3 Å². The summed E-state index contributed by atoms with van der Waals surface area (Å²) in [6.45, 7) is 1.89. The van der Waals surface area contributed by atoms with Crippen LogP contribution in [0.4, 0.5) is 14.5 Å². The molecule has 3 N–H and O–H groups in total. The molecule has 0 fully saturated rings. The minimum absolute atomic E-state index is 0.142. The first-order valence-corrected chi connectivity index (χ1v) is 7.72. The Balaban J connectivity index is 1.82. The van der Waals surface area contributed by atoms with Crippen LogP contribution in [0, 0.1) is 11.6 Å². The molecule has 1 aliphatic heterocycles. The monoisotopic (exact) mass is 345 g/mol. The number of halogens is 2. The van der Waals surface area contributed by atoms with E-state index in [0.29, 0.717) is 4.90 Å². The van der Waals surface area contributed by atoms with Gasteiger partial charge >= 0.3 is 0 Å². The van der Waals surface area contributed by atoms with Gasteiger partial charge < -0.3 is 15.7 Å². The number of rotatable bonds is 4. The quantitative estimate of drug-likeness (QED) is 0.796. The highest BCUT2D eigenvalue weighted by atomic mass is 19.1. The third-order valence-corrected chi connectivity index (χ3v) is 3.88. The number of benzene rings is 2. The predicted octanol–water partition coefficient (Wildman–Crippen LogP) is 2.37. The van der Waals surface area contributed by atoms with Crippen LogP contribution < -0.4 is 15.5 Å². The summed E-state index contributed by atoms with van der Waals surface area (Å²) in [6, 6.07) is 12.6. The number of amides is 1. The number of aliphatic hydroxyl groups excluding tert-OH is 1. The zero-order valence-corrected chi connectivity index (χ0v) is 13.4. The summed E-state index contributed by atoms with van der Waals surface area (Å²) >= 11 is 0. The highest BCUT2D eigenvalue weighted by Gasteiger charge is 2.32. The van der Waals surface area contributed by atoms with Gasteiger partial charge in [-0.1, -0.05) is 36.4 Å². The Morgan fingerprint density at radius 1 is 1.12 bits per heavy atom. The van der Waals surface area contributed by atoms with Crippen molar-refractivity contribution < 1.29 is 18.7 Å². The number of hydrogen-bond donors (Lipinski definition) is 3. The molecule has 5 nitrogen and oxygen atoms in total. The van der Waals surface area contributed by atoms with Crippen molar-refractivity contribution in [1.82, 2.24) is 10.6 Å². The second-order valence-corrected chi connectivity index (χ2v) is 5.63. The summed E-state index contributed by atoms with van der Waals surface area (Å²) in [5.74, 6) is -2.34. The summed E-state index contributed by atoms with van der Waals surface area (Å²) in [4.78, 5) is 12.9. The molecule has 130 valence electrons. The van der Waals surface area contributed by atoms with Crippen LogP contribution in [0.25, 0.3) is 0 Å². The maximum atomic E-state index is 13.9. The highest BCUT2D eigenvalue weighted by molar-refractivity contribution is 6.03. The Kier molecular flexibility index (Phi) is 4.67. The third-order valence-electron chi connectivity index (χ3n) is 3.88. The van der Waals surface area contributed by atoms with E-state index in [2.05, 4.69) is 10.6 Å². The van der Waals surface area contributed by atoms with Gasteiger partial charge in [-0.15, -0.1) is 0 Å². The maximum absolute atomic E-state index is 13.9. The molecule has 2 aromatic rings. The standard InChI is InChI=1S/C18H17F2N3O2/c1-11(12-6-3-2-4-7-12)21-15-10-16(24)23(18(25)22-15)17-13(19)8-5-9-14(17)20/h2-11,18,21-22,25H,1H3/t11-,18?/m0/s1. The van der Waals surface area contributed by atoms with E-state index in [9.17, 15) is 18.7 Å². The molecule has 1 heterocycles. The van der Waals surface area contributed by atoms with E-state index in [-0.39, 0.29) is 11.9 Å². The van der Waals surface area contributed by atoms with Crippen molar-refractivity contribution in [2.45, 2.75) is 19.3 Å². The number of carbonyl (C=O) groups excluding carboxylic acids is 1. The smallest absolute Gasteiger partial charge is 0.258 e. The fraction of sp³-hybridized carbons (Fsp3) is 0.167. The van der Waals surface area contributed by atoms with Gasteiger partial charge in [0.15, 0.2) is 0 Å². The molecule has 2 atom stereocenters. The van der Waals surface area contributed by atoms with Crippen molar-refractivity contribution in [3.05, 3.63) is 77.6 Å². The van der Waals surface area contributed by atoms with Gasteiger partial charge in [-0.05, 0) is 24.6 Å². The molecule has 0 saturated carbocycles. The van der Waals surface area contributed by atoms with E-state index < -0.39 is 29.6 Å². The Hall–Kier alpha value is -2.93. The van der Waals surface area contributed by atoms with Gasteiger partial charge in [0, 0.05) is 12.1 Å². The van der Waals surface area contributed by atoms with Crippen LogP contribution in [0.2, 0.25) is 0 Å². The van der Waals surface area contributed by atoms with E-state index in [4.69, 9.17) is 0 Å². The summed E-state index contributed by atoms with van der Waals surface area (Å²) in [6.07, 6.45) is -0.452. The molecule has 0 saturated heterocycles. The van der Waals surface area contributed by atoms with Crippen LogP contribution in [-0.2, 0) is 4.79 Å². The van der Waals surface area contributed by atoms with E-state index in [1.54, 1.807) is 0 Å². The number of carbonyl (C=O) groups is 1. The van der Waals surface area contributed by atoms with E-state index in [0.717, 1.165) is 23.8 Å². The van der Waals surface area contributed by atoms with Gasteiger partial charge in [-0.3, -0.25) is 9.69 Å². The van der Waals surface area contributed by atoms with Gasteiger partial charge in [-0.25, -0.2) is 8.78 Å². The molecule has 0 radical (unpaired) electrons. The first kappa shape index (κ1) is 16.9. The zero-order chi connectivity index (χ0) is 18.0. The van der Waals surface area contributed by atoms with Crippen molar-refractivity contribution in [3.63, 3.8) is 0 Å². The molecule has 0 spiro atoms. The summed E-state index contributed by atoms with van der Waals surface area (Å²) in [7, 11) is 0. The van der Waals surface area contributed by atoms with Crippen molar-refractivity contribution in [1.29, 1.82) is 0 Å². The molecule has 3 rings (SSSR count). The fourth-order valence-electron chi connectivity index (χ4n) is 2.65. The van der Waals surface area contributed by atoms with Gasteiger partial charge in [0.2, 0.25) is 6.35 Å². The van der Waals surface area contributed by atoms with Crippen molar-refractivity contribution in [2.24, 2.45) is 0 Å². The SMILES string of the molecule is C[C@H](NC1=CC(=O)N(c2c(F)cccc2F)C(O)N1)c1ccccc1. The van der Waals surface area contributed by atoms with Crippen LogP contribution in [0.1, 0.15) is 18.5 Å². The summed E-state index contributed by atoms with van der Waals surface area (Å²) in [5, 5.41) is 15.9. The number of anilines is 1. The minimum atomic E-state index is -1.60. The van der Waals surface area contributed by atoms with Crippen LogP contribution >= 0.6 is 0 Å². The first-order valence-electron chi connectivity index (χ1n) is 7.72. The second kappa shape index (κ2) is 6.90. The lowest BCUT2D eigenvalue weighted by Gasteiger charge is -2.34. The van der Waals surface area contributed by atoms with Gasteiger partial charge in [0.1, 0.15) is 23.1 Å². The first-order chi connectivity index (χ1) is 12.0. The van der Waals surface area contributed by atoms with E-state index in [1.165, 1.54) is 6.07 Å². The molecule has 0 aliphatic carbocycles. The summed E-state index contributed by atoms with van der Waals surface area (Å²) < 4.78 is 27.8. The average Bonchev–Trinajstić information content (AvgIpc) is 2.57. The molecular formula is C18H17F2N3O2. The Morgan fingerprint density at radius 2 is 1.76 bits per heavy atom. The Morgan fingerprint density at radius 3 is 2.36 bits per heavy atom. The number of nitrogens with one attached hydrogen (secondary N) is 2. The number of para-hydroxylation sites is 1. The van der Waals surface area contributed by atoms with Gasteiger partial charge in [-0.2, -0.15) is 0 Å². The minimum Gasteiger partial charge on any atom is -0.365 e. The Labute approximate surface area is 143 Å². The van der Waals surface area contributed by atoms with Crippen LogP contribution in [0.15, 0.2) is 60.4 Å². The largest absolute Gasteiger partial charge is 0.365 e. The maximum Gasteiger partial charge on any atom is 0.258 e. The summed E-state index contributed by atoms with van der Waals surface area (Å²) in [5.41, 5.74) is 0.383. The molecular weight excluding hydrogens is 328 g/mol. The normalized spacial score (nSPS) is 18.4. The highest BCUT2D eigenvalue weighted by Crippen LogP contribution is 2.26. The van der Waals surface area contributed by atoms with Crippen LogP contribution in [0.3, 0.4) is 0 Å². The van der Waals surface area contributed by atoms with E-state index >= 15 is 0 Å². The van der Waals surface area contributed by atoms with Crippen molar-refractivity contribution in [2.75, 3.05) is 4.90 Å². The molecule has 1 amide bonds. The number of nitrogens with zero attached hydrogens (tertiary/aromatic N) is 1. The predicted molar refractivity (Wildman–Crippen MR) is 89.1 cm³/mol. The molecule has 0 bridgehead atoms. The lowest BCUT2D eigenvalue weighted by molar-refractivity contribution is -0.117. The zero-order valence-electron chi connectivity index (χ0n) is 13.4. The number of hydrogen-bond acceptors (Lipinski definition) is 4. The number of aliphatic hydroxyl groups is 1. The molecule has 1 unspecified atom stereocenters. The molecule has 25 heavy (non-hydrogen) atoms. The molecule has 7 heteroatoms. The lowest BCUT2D eigenvalue weighted by Crippen LogP contribution is -2.54. The third kappa shape index (κ3) is 3.46. The molecule has 1 aliphatic rings. The topological polar surface area (TPSA) is 64.6 Å². The second-order valence-electron chi connectivity index (χ2n) is 5.63. The lowest BCUT2D eigenvalue weighted by atomic mass is 10.1. The van der Waals surface area contributed by atoms with Crippen molar-refractivity contribution in [3.8, 4) is 0 Å². The van der Waals surface area contributed by atoms with Gasteiger partial charge in [0.25, 0.3) is 5.91 Å². The Bertz CT molecular complexity index is 791. The van der Waals surface area contributed by atoms with Crippen LogP contribution in [-0.4, -0.2) is 17.4 Å². The van der Waals surface area contributed by atoms with Crippen molar-refractivity contribution >= 4 is 11.6 Å². The molecule has 0 aromatic heterocycles. The van der Waals surface area contributed by atoms with Gasteiger partial charge in [0.05, 0.1) is 0 Å². The average molecular weight is 345 g/mol. The molecule has 2 aromatic carbocycles.